The normalized spacial score (nSPS) is 12.7. The molecule has 1 aliphatic rings. The predicted octanol–water partition coefficient (Wildman–Crippen LogP) is 4.59. The Kier molecular flexibility index (Phi) is 4.13. The van der Waals surface area contributed by atoms with Crippen molar-refractivity contribution in [2.75, 3.05) is 6.79 Å². The van der Waals surface area contributed by atoms with Gasteiger partial charge in [-0.05, 0) is 60.5 Å². The van der Waals surface area contributed by atoms with Crippen molar-refractivity contribution in [3.63, 3.8) is 0 Å². The molecule has 4 aromatic rings. The number of aryl methyl sites for hydroxylation is 1. The van der Waals surface area contributed by atoms with Crippen LogP contribution in [0.3, 0.4) is 0 Å². The Hall–Kier alpha value is -3.86. The summed E-state index contributed by atoms with van der Waals surface area (Å²) >= 11 is 0. The number of hydrogen-bond acceptors (Lipinski definition) is 4. The summed E-state index contributed by atoms with van der Waals surface area (Å²) in [6.07, 6.45) is 3.78. The van der Waals surface area contributed by atoms with Crippen molar-refractivity contribution in [2.24, 2.45) is 0 Å². The van der Waals surface area contributed by atoms with Gasteiger partial charge in [0.25, 0.3) is 5.56 Å². The van der Waals surface area contributed by atoms with Crippen LogP contribution in [0.2, 0.25) is 0 Å². The Balaban J connectivity index is 1.68. The predicted molar refractivity (Wildman–Crippen MR) is 114 cm³/mol. The molecule has 1 aromatic heterocycles. The topological polar surface area (TPSA) is 53.4 Å². The van der Waals surface area contributed by atoms with Gasteiger partial charge in [0.15, 0.2) is 11.5 Å². The molecule has 142 valence electrons. The van der Waals surface area contributed by atoms with E-state index in [4.69, 9.17) is 14.5 Å². The van der Waals surface area contributed by atoms with E-state index in [1.54, 1.807) is 4.57 Å². The number of fused-ring (bicyclic) bond motifs is 2. The van der Waals surface area contributed by atoms with E-state index in [1.807, 2.05) is 85.8 Å². The molecule has 0 fully saturated rings. The number of rotatable bonds is 3. The summed E-state index contributed by atoms with van der Waals surface area (Å²) in [7, 11) is 0. The lowest BCUT2D eigenvalue weighted by molar-refractivity contribution is 0.174. The molecule has 0 atom stereocenters. The summed E-state index contributed by atoms with van der Waals surface area (Å²) in [5.74, 6) is 2.02. The third-order valence-electron chi connectivity index (χ3n) is 4.88. The van der Waals surface area contributed by atoms with Crippen LogP contribution in [0.25, 0.3) is 28.7 Å². The highest BCUT2D eigenvalue weighted by Crippen LogP contribution is 2.33. The summed E-state index contributed by atoms with van der Waals surface area (Å²) < 4.78 is 12.5. The third-order valence-corrected chi connectivity index (χ3v) is 4.88. The minimum Gasteiger partial charge on any atom is -0.454 e. The minimum atomic E-state index is -0.0912. The van der Waals surface area contributed by atoms with Crippen molar-refractivity contribution < 1.29 is 9.47 Å². The van der Waals surface area contributed by atoms with E-state index in [1.165, 1.54) is 0 Å². The molecule has 0 saturated carbocycles. The molecule has 0 bridgehead atoms. The Labute approximate surface area is 167 Å². The second kappa shape index (κ2) is 6.95. The van der Waals surface area contributed by atoms with Gasteiger partial charge in [-0.1, -0.05) is 36.4 Å². The first-order chi connectivity index (χ1) is 14.2. The van der Waals surface area contributed by atoms with E-state index >= 15 is 0 Å². The SMILES string of the molecule is Cc1cccc(-n2c(C=Cc3ccc4c(c3)OCO4)nc3ccccc3c2=O)c1. The summed E-state index contributed by atoms with van der Waals surface area (Å²) in [6, 6.07) is 21.0. The van der Waals surface area contributed by atoms with Gasteiger partial charge in [0.2, 0.25) is 6.79 Å². The van der Waals surface area contributed by atoms with Crippen LogP contribution in [-0.2, 0) is 0 Å². The minimum absolute atomic E-state index is 0.0912. The zero-order chi connectivity index (χ0) is 19.8. The average Bonchev–Trinajstić information content (AvgIpc) is 3.20. The molecule has 1 aliphatic heterocycles. The number of nitrogens with zero attached hydrogens (tertiary/aromatic N) is 2. The molecule has 0 aliphatic carbocycles. The zero-order valence-electron chi connectivity index (χ0n) is 15.8. The van der Waals surface area contributed by atoms with Crippen molar-refractivity contribution in [1.82, 2.24) is 9.55 Å². The second-order valence-corrected chi connectivity index (χ2v) is 6.91. The van der Waals surface area contributed by atoms with Crippen LogP contribution in [0.4, 0.5) is 0 Å². The third kappa shape index (κ3) is 3.17. The number of para-hydroxylation sites is 1. The van der Waals surface area contributed by atoms with Crippen LogP contribution in [-0.4, -0.2) is 16.3 Å². The molecule has 5 heteroatoms. The van der Waals surface area contributed by atoms with Crippen LogP contribution in [0.5, 0.6) is 11.5 Å². The first-order valence-corrected chi connectivity index (χ1v) is 9.36. The number of aromatic nitrogens is 2. The van der Waals surface area contributed by atoms with Gasteiger partial charge in [-0.15, -0.1) is 0 Å². The fraction of sp³-hybridized carbons (Fsp3) is 0.0833. The fourth-order valence-electron chi connectivity index (χ4n) is 3.47. The summed E-state index contributed by atoms with van der Waals surface area (Å²) in [4.78, 5) is 18.0. The van der Waals surface area contributed by atoms with Gasteiger partial charge < -0.3 is 9.47 Å². The fourth-order valence-corrected chi connectivity index (χ4v) is 3.47. The molecule has 5 rings (SSSR count). The van der Waals surface area contributed by atoms with Gasteiger partial charge in [-0.3, -0.25) is 9.36 Å². The van der Waals surface area contributed by atoms with Gasteiger partial charge in [-0.2, -0.15) is 0 Å². The lowest BCUT2D eigenvalue weighted by atomic mass is 10.1. The average molecular weight is 382 g/mol. The van der Waals surface area contributed by atoms with E-state index in [0.717, 1.165) is 28.3 Å². The van der Waals surface area contributed by atoms with Crippen molar-refractivity contribution in [3.05, 3.63) is 94.0 Å². The number of benzene rings is 3. The molecular formula is C24H18N2O3. The molecule has 0 radical (unpaired) electrons. The highest BCUT2D eigenvalue weighted by molar-refractivity contribution is 5.80. The standard InChI is InChI=1S/C24H18N2O3/c1-16-5-4-6-18(13-16)26-23(25-20-8-3-2-7-19(20)24(26)27)12-10-17-9-11-21-22(14-17)29-15-28-21/h2-14H,15H2,1H3. The molecule has 0 amide bonds. The highest BCUT2D eigenvalue weighted by Gasteiger charge is 2.13. The van der Waals surface area contributed by atoms with Crippen molar-refractivity contribution in [3.8, 4) is 17.2 Å². The highest BCUT2D eigenvalue weighted by atomic mass is 16.7. The molecule has 0 spiro atoms. The summed E-state index contributed by atoms with van der Waals surface area (Å²) in [5.41, 5.74) is 3.39. The number of hydrogen-bond donors (Lipinski definition) is 0. The molecule has 0 saturated heterocycles. The lowest BCUT2D eigenvalue weighted by Gasteiger charge is -2.12. The van der Waals surface area contributed by atoms with Crippen LogP contribution in [0.15, 0.2) is 71.5 Å². The molecule has 0 unspecified atom stereocenters. The van der Waals surface area contributed by atoms with Crippen LogP contribution >= 0.6 is 0 Å². The second-order valence-electron chi connectivity index (χ2n) is 6.91. The first-order valence-electron chi connectivity index (χ1n) is 9.36. The van der Waals surface area contributed by atoms with E-state index in [9.17, 15) is 4.79 Å². The lowest BCUT2D eigenvalue weighted by Crippen LogP contribution is -2.22. The largest absolute Gasteiger partial charge is 0.454 e. The van der Waals surface area contributed by atoms with Gasteiger partial charge in [-0.25, -0.2) is 4.98 Å². The maximum Gasteiger partial charge on any atom is 0.266 e. The quantitative estimate of drug-likeness (QED) is 0.520. The zero-order valence-corrected chi connectivity index (χ0v) is 15.8. The monoisotopic (exact) mass is 382 g/mol. The molecule has 5 nitrogen and oxygen atoms in total. The smallest absolute Gasteiger partial charge is 0.266 e. The molecule has 2 heterocycles. The van der Waals surface area contributed by atoms with Crippen LogP contribution < -0.4 is 15.0 Å². The Bertz CT molecular complexity index is 1320. The maximum atomic E-state index is 13.3. The van der Waals surface area contributed by atoms with Gasteiger partial charge in [0.1, 0.15) is 5.82 Å². The molecular weight excluding hydrogens is 364 g/mol. The summed E-state index contributed by atoms with van der Waals surface area (Å²) in [5, 5.41) is 0.592. The Morgan fingerprint density at radius 1 is 0.931 bits per heavy atom. The van der Waals surface area contributed by atoms with Gasteiger partial charge in [0, 0.05) is 0 Å². The van der Waals surface area contributed by atoms with E-state index in [2.05, 4.69) is 0 Å². The number of ether oxygens (including phenoxy) is 2. The van der Waals surface area contributed by atoms with E-state index in [0.29, 0.717) is 16.7 Å². The van der Waals surface area contributed by atoms with Crippen molar-refractivity contribution >= 4 is 23.1 Å². The Morgan fingerprint density at radius 3 is 2.69 bits per heavy atom. The molecule has 3 aromatic carbocycles. The van der Waals surface area contributed by atoms with Crippen molar-refractivity contribution in [1.29, 1.82) is 0 Å². The summed E-state index contributed by atoms with van der Waals surface area (Å²) in [6.45, 7) is 2.24. The maximum absolute atomic E-state index is 13.3. The van der Waals surface area contributed by atoms with Crippen molar-refractivity contribution in [2.45, 2.75) is 6.92 Å². The van der Waals surface area contributed by atoms with E-state index in [-0.39, 0.29) is 12.4 Å². The molecule has 0 N–H and O–H groups in total. The first kappa shape index (κ1) is 17.3. The Morgan fingerprint density at radius 2 is 1.79 bits per heavy atom. The van der Waals surface area contributed by atoms with Crippen LogP contribution in [0, 0.1) is 6.92 Å². The van der Waals surface area contributed by atoms with Gasteiger partial charge in [0.05, 0.1) is 16.6 Å². The van der Waals surface area contributed by atoms with E-state index < -0.39 is 0 Å². The van der Waals surface area contributed by atoms with Gasteiger partial charge >= 0.3 is 0 Å². The molecule has 29 heavy (non-hydrogen) atoms. The van der Waals surface area contributed by atoms with Crippen LogP contribution in [0.1, 0.15) is 17.0 Å².